The van der Waals surface area contributed by atoms with Gasteiger partial charge in [0.15, 0.2) is 0 Å². The first kappa shape index (κ1) is 11.1. The first-order chi connectivity index (χ1) is 8.86. The summed E-state index contributed by atoms with van der Waals surface area (Å²) in [5.41, 5.74) is 4.65. The summed E-state index contributed by atoms with van der Waals surface area (Å²) in [5.74, 6) is 0.967. The molecule has 1 N–H and O–H groups in total. The summed E-state index contributed by atoms with van der Waals surface area (Å²) in [4.78, 5) is 4.35. The van der Waals surface area contributed by atoms with Gasteiger partial charge < -0.3 is 10.1 Å². The van der Waals surface area contributed by atoms with Crippen molar-refractivity contribution in [3.8, 4) is 5.75 Å². The van der Waals surface area contributed by atoms with Crippen molar-refractivity contribution >= 4 is 17.5 Å². The molecule has 2 heterocycles. The Bertz CT molecular complexity index is 556. The van der Waals surface area contributed by atoms with Gasteiger partial charge in [0, 0.05) is 37.4 Å². The summed E-state index contributed by atoms with van der Waals surface area (Å²) in [5, 5.41) is 3.16. The molecule has 0 saturated carbocycles. The van der Waals surface area contributed by atoms with Crippen LogP contribution in [0.25, 0.3) is 5.57 Å². The van der Waals surface area contributed by atoms with Gasteiger partial charge in [0.05, 0.1) is 12.3 Å². The molecule has 2 aliphatic heterocycles. The number of ether oxygens (including phenoxy) is 1. The molecule has 0 radical (unpaired) electrons. The van der Waals surface area contributed by atoms with E-state index >= 15 is 0 Å². The Labute approximate surface area is 107 Å². The predicted octanol–water partition coefficient (Wildman–Crippen LogP) is 3.25. The van der Waals surface area contributed by atoms with Crippen LogP contribution in [0.1, 0.15) is 18.4 Å². The number of allylic oxidation sites excluding steroid dienone is 2. The average Bonchev–Trinajstić information content (AvgIpc) is 2.91. The Hall–Kier alpha value is -2.03. The van der Waals surface area contributed by atoms with Crippen LogP contribution in [0.4, 0.5) is 5.69 Å². The van der Waals surface area contributed by atoms with Crippen molar-refractivity contribution in [3.05, 3.63) is 41.6 Å². The fourth-order valence-electron chi connectivity index (χ4n) is 2.28. The van der Waals surface area contributed by atoms with Crippen molar-refractivity contribution in [2.75, 3.05) is 19.0 Å². The number of nitrogens with zero attached hydrogens (tertiary/aromatic N) is 1. The van der Waals surface area contributed by atoms with E-state index in [-0.39, 0.29) is 0 Å². The molecule has 0 aromatic heterocycles. The normalized spacial score (nSPS) is 19.4. The molecule has 1 aromatic carbocycles. The van der Waals surface area contributed by atoms with Crippen LogP contribution < -0.4 is 10.1 Å². The van der Waals surface area contributed by atoms with Gasteiger partial charge in [-0.1, -0.05) is 6.08 Å². The van der Waals surface area contributed by atoms with E-state index in [0.29, 0.717) is 0 Å². The first-order valence-corrected chi connectivity index (χ1v) is 6.25. The van der Waals surface area contributed by atoms with E-state index in [2.05, 4.69) is 28.5 Å². The Morgan fingerprint density at radius 3 is 3.11 bits per heavy atom. The third-order valence-corrected chi connectivity index (χ3v) is 3.24. The lowest BCUT2D eigenvalue weighted by Gasteiger charge is -2.21. The highest BCUT2D eigenvalue weighted by Crippen LogP contribution is 2.35. The molecule has 92 valence electrons. The van der Waals surface area contributed by atoms with Crippen molar-refractivity contribution < 1.29 is 4.74 Å². The Kier molecular flexibility index (Phi) is 2.89. The molecule has 3 heteroatoms. The second-order valence-electron chi connectivity index (χ2n) is 4.41. The van der Waals surface area contributed by atoms with Crippen LogP contribution in [0, 0.1) is 0 Å². The second-order valence-corrected chi connectivity index (χ2v) is 4.41. The van der Waals surface area contributed by atoms with Gasteiger partial charge in [-0.2, -0.15) is 0 Å². The Morgan fingerprint density at radius 2 is 2.33 bits per heavy atom. The molecule has 0 atom stereocenters. The molecular formula is C15H16N2O. The number of aliphatic imine (C=N–C) groups is 1. The number of hydrogen-bond donors (Lipinski definition) is 1. The van der Waals surface area contributed by atoms with Crippen molar-refractivity contribution in [2.24, 2.45) is 4.99 Å². The van der Waals surface area contributed by atoms with Crippen LogP contribution in [0.15, 0.2) is 41.0 Å². The predicted molar refractivity (Wildman–Crippen MR) is 75.3 cm³/mol. The van der Waals surface area contributed by atoms with E-state index in [1.807, 2.05) is 25.4 Å². The van der Waals surface area contributed by atoms with Crippen molar-refractivity contribution in [1.82, 2.24) is 0 Å². The van der Waals surface area contributed by atoms with Gasteiger partial charge in [-0.3, -0.25) is 4.99 Å². The minimum Gasteiger partial charge on any atom is -0.493 e. The summed E-state index contributed by atoms with van der Waals surface area (Å²) >= 11 is 0. The first-order valence-electron chi connectivity index (χ1n) is 6.25. The fraction of sp³-hybridized carbons (Fsp3) is 0.267. The van der Waals surface area contributed by atoms with Gasteiger partial charge in [-0.05, 0) is 29.8 Å². The van der Waals surface area contributed by atoms with Crippen molar-refractivity contribution in [2.45, 2.75) is 12.8 Å². The number of rotatable bonds is 2. The van der Waals surface area contributed by atoms with Gasteiger partial charge in [0.2, 0.25) is 0 Å². The maximum Gasteiger partial charge on any atom is 0.126 e. The zero-order valence-electron chi connectivity index (χ0n) is 10.4. The van der Waals surface area contributed by atoms with Gasteiger partial charge in [0.1, 0.15) is 5.75 Å². The molecule has 0 bridgehead atoms. The molecule has 0 unspecified atom stereocenters. The molecule has 0 spiro atoms. The lowest BCUT2D eigenvalue weighted by Crippen LogP contribution is -2.08. The van der Waals surface area contributed by atoms with E-state index in [0.717, 1.165) is 36.6 Å². The SMILES string of the molecule is CNc1ccc2c(c1)/C(=C/C1=CCC=N1)CCO2. The van der Waals surface area contributed by atoms with Crippen molar-refractivity contribution in [1.29, 1.82) is 0 Å². The van der Waals surface area contributed by atoms with Gasteiger partial charge in [-0.25, -0.2) is 0 Å². The van der Waals surface area contributed by atoms with E-state index in [1.54, 1.807) is 0 Å². The topological polar surface area (TPSA) is 33.6 Å². The summed E-state index contributed by atoms with van der Waals surface area (Å²) in [7, 11) is 1.93. The smallest absolute Gasteiger partial charge is 0.126 e. The minimum atomic E-state index is 0.745. The lowest BCUT2D eigenvalue weighted by molar-refractivity contribution is 0.316. The van der Waals surface area contributed by atoms with Crippen LogP contribution in [0.5, 0.6) is 5.75 Å². The number of anilines is 1. The summed E-state index contributed by atoms with van der Waals surface area (Å²) < 4.78 is 5.69. The lowest BCUT2D eigenvalue weighted by atomic mass is 9.98. The fourth-order valence-corrected chi connectivity index (χ4v) is 2.28. The number of fused-ring (bicyclic) bond motifs is 1. The molecule has 0 fully saturated rings. The van der Waals surface area contributed by atoms with Gasteiger partial charge in [-0.15, -0.1) is 0 Å². The van der Waals surface area contributed by atoms with Crippen LogP contribution in [-0.2, 0) is 0 Å². The molecule has 18 heavy (non-hydrogen) atoms. The van der Waals surface area contributed by atoms with E-state index in [1.165, 1.54) is 11.1 Å². The summed E-state index contributed by atoms with van der Waals surface area (Å²) in [6.07, 6.45) is 8.14. The molecule has 0 saturated heterocycles. The zero-order chi connectivity index (χ0) is 12.4. The van der Waals surface area contributed by atoms with Gasteiger partial charge in [0.25, 0.3) is 0 Å². The number of hydrogen-bond acceptors (Lipinski definition) is 3. The minimum absolute atomic E-state index is 0.745. The van der Waals surface area contributed by atoms with E-state index in [4.69, 9.17) is 4.74 Å². The van der Waals surface area contributed by atoms with Crippen LogP contribution in [0.3, 0.4) is 0 Å². The summed E-state index contributed by atoms with van der Waals surface area (Å²) in [6, 6.07) is 6.20. The van der Waals surface area contributed by atoms with Crippen LogP contribution >= 0.6 is 0 Å². The molecule has 0 aliphatic carbocycles. The van der Waals surface area contributed by atoms with Crippen LogP contribution in [0.2, 0.25) is 0 Å². The van der Waals surface area contributed by atoms with E-state index in [9.17, 15) is 0 Å². The number of nitrogens with one attached hydrogen (secondary N) is 1. The quantitative estimate of drug-likeness (QED) is 0.860. The highest BCUT2D eigenvalue weighted by Gasteiger charge is 2.16. The highest BCUT2D eigenvalue weighted by molar-refractivity contribution is 5.78. The number of benzene rings is 1. The van der Waals surface area contributed by atoms with E-state index < -0.39 is 0 Å². The largest absolute Gasteiger partial charge is 0.493 e. The third-order valence-electron chi connectivity index (χ3n) is 3.24. The Balaban J connectivity index is 2.02. The molecule has 2 aliphatic rings. The van der Waals surface area contributed by atoms with Crippen LogP contribution in [-0.4, -0.2) is 19.9 Å². The monoisotopic (exact) mass is 240 g/mol. The molecule has 3 rings (SSSR count). The molecular weight excluding hydrogens is 224 g/mol. The maximum absolute atomic E-state index is 5.69. The zero-order valence-corrected chi connectivity index (χ0v) is 10.4. The second kappa shape index (κ2) is 4.69. The molecule has 3 nitrogen and oxygen atoms in total. The Morgan fingerprint density at radius 1 is 1.39 bits per heavy atom. The van der Waals surface area contributed by atoms with Crippen molar-refractivity contribution in [3.63, 3.8) is 0 Å². The average molecular weight is 240 g/mol. The molecule has 0 amide bonds. The van der Waals surface area contributed by atoms with Gasteiger partial charge >= 0.3 is 0 Å². The third kappa shape index (κ3) is 2.04. The molecule has 1 aromatic rings. The maximum atomic E-state index is 5.69. The summed E-state index contributed by atoms with van der Waals surface area (Å²) in [6.45, 7) is 0.745. The highest BCUT2D eigenvalue weighted by atomic mass is 16.5. The standard InChI is InChI=1S/C15H16N2O/c1-16-12-4-5-15-14(10-12)11(6-8-18-15)9-13-3-2-7-17-13/h3-5,7,9-10,16H,2,6,8H2,1H3/b11-9+.